The van der Waals surface area contributed by atoms with Crippen LogP contribution in [0.5, 0.6) is 5.75 Å². The maximum absolute atomic E-state index is 15.5. The Morgan fingerprint density at radius 1 is 0.398 bits per heavy atom. The molecule has 1 heterocycles. The highest BCUT2D eigenvalue weighted by atomic mass is 16.3. The Hall–Kier alpha value is -13.4. The second kappa shape index (κ2) is 57.9. The molecule has 3 aromatic rings. The van der Waals surface area contributed by atoms with Crippen molar-refractivity contribution in [2.45, 2.75) is 222 Å². The standard InChI is InChI=1S/C79H134N32O17/c1-6-42(4)61(74(128)102-50(62(82)116)19-11-29-93-75(83)84)111-70(124)55(23-15-33-97-79(91)92)103-67(121)53(21-13-31-95-77(87)88)105-72(126)57(35-44-24-26-46(114)27-25-44)108-69(123)54(22-14-32-96-78(89)90)106-73(127)58(36-45-37-98-49-17-8-7-16-47(45)49)109-68(122)52(18-9-10-28-80)104-71(125)56(34-41(2)3)107-66(120)51(20-12-30-94-76(85)86)101-60(115)38-99-65(119)59(40-113)110-63(117)43(5)100-64(118)48(81)39-112/h7-8,16-17,24-27,37,41-43,48,50-59,61,98,112-114H,6,9-15,18-23,28-36,38-40,80-81H2,1-5H3,(H2,82,116)(H,99,119)(H,100,118)(H,101,115)(H,102,128)(H,103,121)(H,104,125)(H,105,126)(H,106,127)(H,107,120)(H,108,123)(H,109,122)(H,110,117)(H,111,124)(H4,83,84,93)(H4,85,86,94)(H4,87,88,95)(H4,89,90,96)(H4,91,92,97)/t42-,43-,48-,50-,51-,52-,53-,54-,55-,56-,57-,58-,59-,61-/m0/s1. The molecule has 0 spiro atoms. The van der Waals surface area contributed by atoms with E-state index in [2.05, 4.69) is 101 Å². The minimum Gasteiger partial charge on any atom is -0.508 e. The molecule has 712 valence electrons. The lowest BCUT2D eigenvalue weighted by Gasteiger charge is -2.29. The predicted molar refractivity (Wildman–Crippen MR) is 475 cm³/mol. The van der Waals surface area contributed by atoms with Crippen LogP contribution in [0, 0.1) is 38.9 Å². The Bertz CT molecular complexity index is 4210. The highest BCUT2D eigenvalue weighted by Crippen LogP contribution is 2.21. The molecule has 128 heavy (non-hydrogen) atoms. The van der Waals surface area contributed by atoms with E-state index in [0.717, 1.165) is 0 Å². The fraction of sp³-hybridized carbons (Fsp3) is 0.582. The Morgan fingerprint density at radius 2 is 0.781 bits per heavy atom. The molecule has 0 bridgehead atoms. The average molecular weight is 1800 g/mol. The van der Waals surface area contributed by atoms with Crippen molar-refractivity contribution in [2.75, 3.05) is 59.0 Å². The van der Waals surface area contributed by atoms with Gasteiger partial charge in [-0.15, -0.1) is 0 Å². The number of hydrogen-bond acceptors (Lipinski definition) is 24. The number of aromatic hydroxyl groups is 1. The lowest BCUT2D eigenvalue weighted by Crippen LogP contribution is -2.61. The minimum absolute atomic E-state index is 0.00469. The molecular formula is C79H134N32O17. The van der Waals surface area contributed by atoms with E-state index in [-0.39, 0.29) is 153 Å². The average Bonchev–Trinajstić information content (AvgIpc) is 1.70. The van der Waals surface area contributed by atoms with Gasteiger partial charge in [0.15, 0.2) is 29.8 Å². The largest absolute Gasteiger partial charge is 0.508 e. The number of aliphatic hydroxyl groups excluding tert-OH is 2. The maximum atomic E-state index is 15.5. The van der Waals surface area contributed by atoms with E-state index >= 15 is 19.2 Å². The summed E-state index contributed by atoms with van der Waals surface area (Å²) in [4.78, 5) is 202. The first kappa shape index (κ1) is 109. The molecule has 49 heteroatoms. The zero-order valence-electron chi connectivity index (χ0n) is 72.9. The van der Waals surface area contributed by atoms with E-state index < -0.39 is 211 Å². The van der Waals surface area contributed by atoms with Gasteiger partial charge in [0.25, 0.3) is 0 Å². The lowest BCUT2D eigenvalue weighted by atomic mass is 9.96. The summed E-state index contributed by atoms with van der Waals surface area (Å²) in [5.74, 6) is -16.4. The first-order valence-corrected chi connectivity index (χ1v) is 42.2. The van der Waals surface area contributed by atoms with Crippen LogP contribution < -0.4 is 142 Å². The highest BCUT2D eigenvalue weighted by molar-refractivity contribution is 6.01. The van der Waals surface area contributed by atoms with E-state index in [1.165, 1.54) is 31.2 Å². The summed E-state index contributed by atoms with van der Waals surface area (Å²) in [6.07, 6.45) is 1.18. The van der Waals surface area contributed by atoms with Crippen LogP contribution in [-0.2, 0) is 80.0 Å². The summed E-state index contributed by atoms with van der Waals surface area (Å²) in [7, 11) is 0. The third kappa shape index (κ3) is 41.6. The number of fused-ring (bicyclic) bond motifs is 1. The number of phenolic OH excluding ortho intramolecular Hbond substituents is 1. The molecule has 14 atom stereocenters. The van der Waals surface area contributed by atoms with Gasteiger partial charge >= 0.3 is 0 Å². The first-order chi connectivity index (χ1) is 60.6. The highest BCUT2D eigenvalue weighted by Gasteiger charge is 2.38. The van der Waals surface area contributed by atoms with Crippen LogP contribution in [0.25, 0.3) is 10.9 Å². The number of aromatic nitrogens is 1. The molecule has 0 saturated carbocycles. The summed E-state index contributed by atoms with van der Waals surface area (Å²) in [5.41, 5.74) is 46.3. The summed E-state index contributed by atoms with van der Waals surface area (Å²) < 4.78 is 0. The van der Waals surface area contributed by atoms with Crippen molar-refractivity contribution in [2.24, 2.45) is 57.7 Å². The van der Waals surface area contributed by atoms with Gasteiger partial charge in [0.2, 0.25) is 82.7 Å². The minimum atomic E-state index is -1.67. The molecule has 0 radical (unpaired) electrons. The van der Waals surface area contributed by atoms with Crippen LogP contribution in [0.2, 0.25) is 0 Å². The van der Waals surface area contributed by atoms with Crippen LogP contribution in [-0.4, -0.2) is 270 Å². The van der Waals surface area contributed by atoms with Gasteiger partial charge < -0.3 is 162 Å². The Morgan fingerprint density at radius 3 is 1.20 bits per heavy atom. The predicted octanol–water partition coefficient (Wildman–Crippen LogP) is -9.05. The van der Waals surface area contributed by atoms with E-state index in [4.69, 9.17) is 72.9 Å². The molecule has 49 nitrogen and oxygen atoms in total. The number of primary amides is 1. The zero-order chi connectivity index (χ0) is 95.7. The van der Waals surface area contributed by atoms with Gasteiger partial charge in [0, 0.05) is 62.7 Å². The summed E-state index contributed by atoms with van der Waals surface area (Å²) in [6, 6.07) is -6.83. The van der Waals surface area contributed by atoms with Gasteiger partial charge in [-0.25, -0.2) is 0 Å². The van der Waals surface area contributed by atoms with E-state index in [9.17, 15) is 63.3 Å². The van der Waals surface area contributed by atoms with Gasteiger partial charge in [-0.2, -0.15) is 0 Å². The van der Waals surface area contributed by atoms with Crippen LogP contribution in [0.15, 0.2) is 54.7 Å². The van der Waals surface area contributed by atoms with Crippen LogP contribution >= 0.6 is 0 Å². The van der Waals surface area contributed by atoms with Crippen molar-refractivity contribution in [3.05, 3.63) is 65.9 Å². The van der Waals surface area contributed by atoms with Gasteiger partial charge in [-0.3, -0.25) is 94.2 Å². The normalized spacial score (nSPS) is 14.3. The zero-order valence-corrected chi connectivity index (χ0v) is 72.9. The lowest BCUT2D eigenvalue weighted by molar-refractivity contribution is -0.136. The maximum Gasteiger partial charge on any atom is 0.245 e. The number of nitrogens with one attached hydrogen (secondary N) is 24. The van der Waals surface area contributed by atoms with Crippen molar-refractivity contribution in [3.8, 4) is 5.75 Å². The summed E-state index contributed by atoms with van der Waals surface area (Å²) in [5, 5.41) is 115. The number of guanidine groups is 5. The van der Waals surface area contributed by atoms with E-state index in [0.29, 0.717) is 34.9 Å². The smallest absolute Gasteiger partial charge is 0.245 e. The number of rotatable bonds is 61. The van der Waals surface area contributed by atoms with Gasteiger partial charge in [0.05, 0.1) is 19.8 Å². The molecule has 1 aromatic heterocycles. The molecule has 0 unspecified atom stereocenters. The number of benzene rings is 2. The number of amides is 14. The number of unbranched alkanes of at least 4 members (excludes halogenated alkanes) is 1. The third-order valence-electron chi connectivity index (χ3n) is 20.1. The third-order valence-corrected chi connectivity index (χ3v) is 20.1. The second-order valence-corrected chi connectivity index (χ2v) is 31.1. The second-order valence-electron chi connectivity index (χ2n) is 31.1. The monoisotopic (exact) mass is 1800 g/mol. The molecule has 0 saturated heterocycles. The molecule has 3 rings (SSSR count). The SMILES string of the molecule is CC[C@H](C)[C@H](NC(=O)[C@H](CCCNC(=N)N)NC(=O)[C@H](CCCNC(=N)N)NC(=O)[C@H](Cc1ccc(O)cc1)NC(=O)[C@H](CCCNC(=N)N)NC(=O)[C@H](Cc1c[nH]c2ccccc12)NC(=O)[C@H](CCCCN)NC(=O)[C@H](CC(C)C)NC(=O)[C@H](CCCNC(=N)N)NC(=O)CNC(=O)[C@H](CO)NC(=O)[C@H](C)NC(=O)[C@@H](N)CO)C(=O)N[C@@H](CCCNC(=N)N)C(N)=O. The number of aromatic amines is 1. The van der Waals surface area contributed by atoms with Crippen LogP contribution in [0.4, 0.5) is 0 Å². The molecule has 0 aliphatic carbocycles. The summed E-state index contributed by atoms with van der Waals surface area (Å²) >= 11 is 0. The van der Waals surface area contributed by atoms with Gasteiger partial charge in [0.1, 0.15) is 84.3 Å². The number of para-hydroxylation sites is 1. The molecule has 0 aliphatic rings. The van der Waals surface area contributed by atoms with E-state index in [1.54, 1.807) is 58.2 Å². The first-order valence-electron chi connectivity index (χ1n) is 42.2. The van der Waals surface area contributed by atoms with Crippen LogP contribution in [0.1, 0.15) is 142 Å². The Balaban J connectivity index is 2.16. The van der Waals surface area contributed by atoms with Crippen molar-refractivity contribution < 1.29 is 82.4 Å². The molecular weight excluding hydrogens is 1670 g/mol. The number of phenols is 1. The van der Waals surface area contributed by atoms with Gasteiger partial charge in [-0.1, -0.05) is 64.4 Å². The number of carbonyl (C=O) groups excluding carboxylic acids is 14. The number of carbonyl (C=O) groups is 14. The number of hydrogen-bond donors (Lipinski definition) is 35. The summed E-state index contributed by atoms with van der Waals surface area (Å²) in [6.45, 7) is 5.82. The molecule has 0 fully saturated rings. The molecule has 14 amide bonds. The Kier molecular flexibility index (Phi) is 49.2. The van der Waals surface area contributed by atoms with Crippen LogP contribution in [0.3, 0.4) is 0 Å². The number of H-pyrrole nitrogens is 1. The fourth-order valence-electron chi connectivity index (χ4n) is 12.9. The van der Waals surface area contributed by atoms with Gasteiger partial charge in [-0.05, 0) is 145 Å². The topological polar surface area (TPSA) is 859 Å². The van der Waals surface area contributed by atoms with E-state index in [1.807, 2.05) is 0 Å². The van der Waals surface area contributed by atoms with Crippen molar-refractivity contribution in [3.63, 3.8) is 0 Å². The number of nitrogens with two attached hydrogens (primary N) is 8. The number of aliphatic hydroxyl groups is 2. The quantitative estimate of drug-likeness (QED) is 0.0142. The van der Waals surface area contributed by atoms with Crippen molar-refractivity contribution in [1.29, 1.82) is 27.0 Å². The molecule has 43 N–H and O–H groups in total. The van der Waals surface area contributed by atoms with Crippen molar-refractivity contribution in [1.82, 2.24) is 101 Å². The molecule has 0 aliphatic heterocycles. The van der Waals surface area contributed by atoms with Crippen molar-refractivity contribution >= 4 is 123 Å². The molecule has 2 aromatic carbocycles. The fourth-order valence-corrected chi connectivity index (χ4v) is 12.9. The Labute approximate surface area is 741 Å².